The van der Waals surface area contributed by atoms with E-state index in [0.29, 0.717) is 17.7 Å². The van der Waals surface area contributed by atoms with Crippen LogP contribution in [0.3, 0.4) is 0 Å². The van der Waals surface area contributed by atoms with Gasteiger partial charge in [-0.05, 0) is 48.4 Å². The molecule has 2 aromatic carbocycles. The van der Waals surface area contributed by atoms with Gasteiger partial charge in [0, 0.05) is 0 Å². The summed E-state index contributed by atoms with van der Waals surface area (Å²) < 4.78 is 9.76. The van der Waals surface area contributed by atoms with E-state index in [2.05, 4.69) is 4.74 Å². The molecule has 0 saturated carbocycles. The normalized spacial score (nSPS) is 11.6. The van der Waals surface area contributed by atoms with E-state index in [1.165, 1.54) is 43.5 Å². The van der Waals surface area contributed by atoms with Crippen molar-refractivity contribution in [3.05, 3.63) is 59.7 Å². The first-order valence-electron chi connectivity index (χ1n) is 6.93. The standard InChI is InChI=1S/C17H17NO5/c1-22-16(20)12-4-8-14(9-5-12)23-17(21)15(18)10-11-2-6-13(19)7-3-11/h2-9,15,19H,10,18H2,1H3/t15-/m0/s1. The lowest BCUT2D eigenvalue weighted by molar-refractivity contribution is -0.135. The van der Waals surface area contributed by atoms with Gasteiger partial charge < -0.3 is 20.3 Å². The minimum atomic E-state index is -0.833. The minimum Gasteiger partial charge on any atom is -0.508 e. The Morgan fingerprint density at radius 2 is 1.70 bits per heavy atom. The number of carbonyl (C=O) groups is 2. The van der Waals surface area contributed by atoms with Crippen LogP contribution in [0.2, 0.25) is 0 Å². The fraction of sp³-hybridized carbons (Fsp3) is 0.176. The molecule has 0 heterocycles. The zero-order valence-corrected chi connectivity index (χ0v) is 12.6. The predicted octanol–water partition coefficient (Wildman–Crippen LogP) is 1.65. The summed E-state index contributed by atoms with van der Waals surface area (Å²) in [6.07, 6.45) is 0.291. The molecule has 0 amide bonds. The zero-order valence-electron chi connectivity index (χ0n) is 12.6. The third kappa shape index (κ3) is 4.55. The quantitative estimate of drug-likeness (QED) is 0.643. The molecular formula is C17H17NO5. The Kier molecular flexibility index (Phi) is 5.32. The van der Waals surface area contributed by atoms with Crippen LogP contribution in [-0.2, 0) is 16.0 Å². The Morgan fingerprint density at radius 1 is 1.09 bits per heavy atom. The number of hydrogen-bond donors (Lipinski definition) is 2. The number of nitrogens with two attached hydrogens (primary N) is 1. The monoisotopic (exact) mass is 315 g/mol. The van der Waals surface area contributed by atoms with Crippen LogP contribution >= 0.6 is 0 Å². The molecule has 0 bridgehead atoms. The Balaban J connectivity index is 1.95. The number of esters is 2. The van der Waals surface area contributed by atoms with E-state index in [1.807, 2.05) is 0 Å². The van der Waals surface area contributed by atoms with Crippen LogP contribution in [0.15, 0.2) is 48.5 Å². The summed E-state index contributed by atoms with van der Waals surface area (Å²) >= 11 is 0. The van der Waals surface area contributed by atoms with Crippen LogP contribution in [0.1, 0.15) is 15.9 Å². The Hall–Kier alpha value is -2.86. The number of ether oxygens (including phenoxy) is 2. The molecule has 23 heavy (non-hydrogen) atoms. The van der Waals surface area contributed by atoms with Gasteiger partial charge in [0.2, 0.25) is 0 Å². The summed E-state index contributed by atoms with van der Waals surface area (Å²) in [4.78, 5) is 23.3. The maximum Gasteiger partial charge on any atom is 0.337 e. The van der Waals surface area contributed by atoms with Crippen molar-refractivity contribution in [1.82, 2.24) is 0 Å². The average molecular weight is 315 g/mol. The van der Waals surface area contributed by atoms with Crippen molar-refractivity contribution in [2.75, 3.05) is 7.11 Å². The highest BCUT2D eigenvalue weighted by Gasteiger charge is 2.17. The van der Waals surface area contributed by atoms with Crippen LogP contribution in [0.25, 0.3) is 0 Å². The van der Waals surface area contributed by atoms with Crippen LogP contribution in [0.5, 0.6) is 11.5 Å². The van der Waals surface area contributed by atoms with E-state index in [9.17, 15) is 14.7 Å². The number of phenolic OH excluding ortho intramolecular Hbond substituents is 1. The lowest BCUT2D eigenvalue weighted by Gasteiger charge is -2.11. The molecule has 3 N–H and O–H groups in total. The molecule has 0 fully saturated rings. The number of carbonyl (C=O) groups excluding carboxylic acids is 2. The number of aromatic hydroxyl groups is 1. The second-order valence-electron chi connectivity index (χ2n) is 4.91. The van der Waals surface area contributed by atoms with Gasteiger partial charge in [0.1, 0.15) is 17.5 Å². The van der Waals surface area contributed by atoms with Crippen molar-refractivity contribution < 1.29 is 24.2 Å². The molecule has 2 rings (SSSR count). The molecule has 0 unspecified atom stereocenters. The second-order valence-corrected chi connectivity index (χ2v) is 4.91. The highest BCUT2D eigenvalue weighted by Crippen LogP contribution is 2.15. The number of methoxy groups -OCH3 is 1. The maximum atomic E-state index is 12.0. The molecule has 0 radical (unpaired) electrons. The molecule has 1 atom stereocenters. The molecule has 0 aliphatic rings. The van der Waals surface area contributed by atoms with Crippen molar-refractivity contribution in [1.29, 1.82) is 0 Å². The van der Waals surface area contributed by atoms with Crippen molar-refractivity contribution in [2.45, 2.75) is 12.5 Å². The van der Waals surface area contributed by atoms with Crippen LogP contribution in [0, 0.1) is 0 Å². The third-order valence-corrected chi connectivity index (χ3v) is 3.19. The van der Waals surface area contributed by atoms with Gasteiger partial charge in [0.05, 0.1) is 12.7 Å². The van der Waals surface area contributed by atoms with Gasteiger partial charge in [0.15, 0.2) is 0 Å². The van der Waals surface area contributed by atoms with E-state index in [1.54, 1.807) is 12.1 Å². The van der Waals surface area contributed by atoms with E-state index in [-0.39, 0.29) is 5.75 Å². The molecule has 0 aliphatic carbocycles. The summed E-state index contributed by atoms with van der Waals surface area (Å²) in [5.41, 5.74) is 7.00. The molecule has 120 valence electrons. The molecule has 2 aromatic rings. The van der Waals surface area contributed by atoms with Crippen molar-refractivity contribution in [2.24, 2.45) is 5.73 Å². The van der Waals surface area contributed by atoms with Crippen LogP contribution in [-0.4, -0.2) is 30.2 Å². The van der Waals surface area contributed by atoms with Crippen molar-refractivity contribution >= 4 is 11.9 Å². The molecule has 0 spiro atoms. The largest absolute Gasteiger partial charge is 0.508 e. The van der Waals surface area contributed by atoms with Gasteiger partial charge in [-0.15, -0.1) is 0 Å². The minimum absolute atomic E-state index is 0.149. The average Bonchev–Trinajstić information content (AvgIpc) is 2.56. The summed E-state index contributed by atoms with van der Waals surface area (Å²) in [6.45, 7) is 0. The highest BCUT2D eigenvalue weighted by atomic mass is 16.5. The highest BCUT2D eigenvalue weighted by molar-refractivity contribution is 5.89. The van der Waals surface area contributed by atoms with E-state index >= 15 is 0 Å². The third-order valence-electron chi connectivity index (χ3n) is 3.19. The molecule has 0 aliphatic heterocycles. The first kappa shape index (κ1) is 16.5. The smallest absolute Gasteiger partial charge is 0.337 e. The number of hydrogen-bond acceptors (Lipinski definition) is 6. The summed E-state index contributed by atoms with van der Waals surface area (Å²) in [5.74, 6) is -0.602. The fourth-order valence-electron chi connectivity index (χ4n) is 1.94. The van der Waals surface area contributed by atoms with Gasteiger partial charge in [-0.2, -0.15) is 0 Å². The fourth-order valence-corrected chi connectivity index (χ4v) is 1.94. The number of rotatable bonds is 5. The first-order chi connectivity index (χ1) is 11.0. The van der Waals surface area contributed by atoms with E-state index in [0.717, 1.165) is 5.56 Å². The van der Waals surface area contributed by atoms with Crippen molar-refractivity contribution in [3.63, 3.8) is 0 Å². The van der Waals surface area contributed by atoms with Crippen LogP contribution in [0.4, 0.5) is 0 Å². The van der Waals surface area contributed by atoms with Gasteiger partial charge in [-0.25, -0.2) is 9.59 Å². The maximum absolute atomic E-state index is 12.0. The molecule has 0 aromatic heterocycles. The summed E-state index contributed by atoms with van der Waals surface area (Å²) in [5, 5.41) is 9.22. The lowest BCUT2D eigenvalue weighted by Crippen LogP contribution is -2.36. The molecular weight excluding hydrogens is 298 g/mol. The SMILES string of the molecule is COC(=O)c1ccc(OC(=O)[C@@H](N)Cc2ccc(O)cc2)cc1. The number of phenols is 1. The summed E-state index contributed by atoms with van der Waals surface area (Å²) in [6, 6.07) is 11.6. The topological polar surface area (TPSA) is 98.9 Å². The van der Waals surface area contributed by atoms with Gasteiger partial charge in [-0.1, -0.05) is 12.1 Å². The number of benzene rings is 2. The Morgan fingerprint density at radius 3 is 2.26 bits per heavy atom. The second kappa shape index (κ2) is 7.42. The van der Waals surface area contributed by atoms with Crippen molar-refractivity contribution in [3.8, 4) is 11.5 Å². The zero-order chi connectivity index (χ0) is 16.8. The molecule has 6 nitrogen and oxygen atoms in total. The van der Waals surface area contributed by atoms with Crippen LogP contribution < -0.4 is 10.5 Å². The van der Waals surface area contributed by atoms with Gasteiger partial charge in [-0.3, -0.25) is 0 Å². The van der Waals surface area contributed by atoms with E-state index in [4.69, 9.17) is 10.5 Å². The first-order valence-corrected chi connectivity index (χ1v) is 6.93. The summed E-state index contributed by atoms with van der Waals surface area (Å²) in [7, 11) is 1.29. The molecule has 6 heteroatoms. The van der Waals surface area contributed by atoms with E-state index < -0.39 is 18.0 Å². The predicted molar refractivity (Wildman–Crippen MR) is 83.2 cm³/mol. The molecule has 0 saturated heterocycles. The Labute approximate surface area is 133 Å². The Bertz CT molecular complexity index is 679. The lowest BCUT2D eigenvalue weighted by atomic mass is 10.1. The van der Waals surface area contributed by atoms with Gasteiger partial charge in [0.25, 0.3) is 0 Å². The van der Waals surface area contributed by atoms with Gasteiger partial charge >= 0.3 is 11.9 Å².